The predicted molar refractivity (Wildman–Crippen MR) is 95.4 cm³/mol. The molecule has 3 fully saturated rings. The van der Waals surface area contributed by atoms with Gasteiger partial charge in [-0.3, -0.25) is 9.59 Å². The third kappa shape index (κ3) is 4.38. The van der Waals surface area contributed by atoms with Gasteiger partial charge in [0.1, 0.15) is 6.10 Å². The molecule has 3 heterocycles. The van der Waals surface area contributed by atoms with E-state index in [0.29, 0.717) is 58.2 Å². The van der Waals surface area contributed by atoms with Gasteiger partial charge in [-0.05, 0) is 39.0 Å². The molecule has 26 heavy (non-hydrogen) atoms. The van der Waals surface area contributed by atoms with Gasteiger partial charge in [0.15, 0.2) is 0 Å². The highest BCUT2D eigenvalue weighted by Crippen LogP contribution is 2.39. The molecule has 2 amide bonds. The van der Waals surface area contributed by atoms with Crippen molar-refractivity contribution in [3.8, 4) is 0 Å². The number of rotatable bonds is 4. The summed E-state index contributed by atoms with van der Waals surface area (Å²) in [5.74, 6) is 0.346. The van der Waals surface area contributed by atoms with Gasteiger partial charge >= 0.3 is 0 Å². The van der Waals surface area contributed by atoms with Crippen molar-refractivity contribution < 1.29 is 24.5 Å². The lowest BCUT2D eigenvalue weighted by Gasteiger charge is -2.49. The van der Waals surface area contributed by atoms with E-state index >= 15 is 0 Å². The number of aliphatic hydroxyl groups is 2. The average Bonchev–Trinajstić information content (AvgIpc) is 2.60. The Balaban J connectivity index is 1.41. The summed E-state index contributed by atoms with van der Waals surface area (Å²) in [6.07, 6.45) is 4.78. The van der Waals surface area contributed by atoms with Crippen molar-refractivity contribution >= 4 is 11.8 Å². The van der Waals surface area contributed by atoms with Gasteiger partial charge in [-0.25, -0.2) is 0 Å². The molecule has 3 aliphatic heterocycles. The van der Waals surface area contributed by atoms with Crippen molar-refractivity contribution in [3.05, 3.63) is 0 Å². The van der Waals surface area contributed by atoms with Crippen molar-refractivity contribution in [2.24, 2.45) is 0 Å². The summed E-state index contributed by atoms with van der Waals surface area (Å²) in [7, 11) is 0. The molecule has 2 N–H and O–H groups in total. The molecule has 0 aromatic heterocycles. The first-order valence-electron chi connectivity index (χ1n) is 9.91. The Morgan fingerprint density at radius 3 is 2.65 bits per heavy atom. The van der Waals surface area contributed by atoms with Gasteiger partial charge < -0.3 is 24.7 Å². The number of carbonyl (C=O) groups is 2. The first-order chi connectivity index (χ1) is 12.3. The lowest BCUT2D eigenvalue weighted by atomic mass is 9.76. The number of aliphatic hydroxyl groups excluding tert-OH is 1. The standard InChI is InChI=1S/C19H32N2O5/c1-18(25)14-19(26-13-15(18)22)7-11-21(12-8-19)17(24)6-4-10-20-9-3-2-5-16(20)23/h15,22,25H,2-14H2,1H3/t15-,18-/m0/s1. The molecule has 0 aromatic carbocycles. The highest BCUT2D eigenvalue weighted by molar-refractivity contribution is 5.77. The van der Waals surface area contributed by atoms with Gasteiger partial charge in [-0.15, -0.1) is 0 Å². The Morgan fingerprint density at radius 2 is 2.00 bits per heavy atom. The molecule has 0 saturated carbocycles. The van der Waals surface area contributed by atoms with Gasteiger partial charge in [0.2, 0.25) is 11.8 Å². The van der Waals surface area contributed by atoms with E-state index in [-0.39, 0.29) is 18.4 Å². The normalized spacial score (nSPS) is 32.1. The number of carbonyl (C=O) groups excluding carboxylic acids is 2. The predicted octanol–water partition coefficient (Wildman–Crippen LogP) is 0.673. The zero-order valence-corrected chi connectivity index (χ0v) is 15.8. The van der Waals surface area contributed by atoms with Crippen LogP contribution in [0.25, 0.3) is 0 Å². The molecule has 0 radical (unpaired) electrons. The van der Waals surface area contributed by atoms with Crippen LogP contribution in [0.4, 0.5) is 0 Å². The maximum Gasteiger partial charge on any atom is 0.222 e. The highest BCUT2D eigenvalue weighted by Gasteiger charge is 2.48. The number of amides is 2. The summed E-state index contributed by atoms with van der Waals surface area (Å²) in [6, 6.07) is 0. The molecule has 2 atom stereocenters. The number of hydrogen-bond acceptors (Lipinski definition) is 5. The summed E-state index contributed by atoms with van der Waals surface area (Å²) in [4.78, 5) is 28.0. The first-order valence-corrected chi connectivity index (χ1v) is 9.91. The van der Waals surface area contributed by atoms with Crippen molar-refractivity contribution in [1.82, 2.24) is 9.80 Å². The largest absolute Gasteiger partial charge is 0.388 e. The van der Waals surface area contributed by atoms with E-state index in [1.807, 2.05) is 9.80 Å². The molecule has 148 valence electrons. The molecule has 3 rings (SSSR count). The van der Waals surface area contributed by atoms with Gasteiger partial charge in [-0.2, -0.15) is 0 Å². The maximum atomic E-state index is 12.5. The quantitative estimate of drug-likeness (QED) is 0.761. The van der Waals surface area contributed by atoms with Gasteiger partial charge in [-0.1, -0.05) is 0 Å². The average molecular weight is 368 g/mol. The first kappa shape index (κ1) is 19.6. The molecule has 7 heteroatoms. The molecular weight excluding hydrogens is 336 g/mol. The van der Waals surface area contributed by atoms with Crippen LogP contribution in [0.3, 0.4) is 0 Å². The number of ether oxygens (including phenoxy) is 1. The maximum absolute atomic E-state index is 12.5. The number of nitrogens with zero attached hydrogens (tertiary/aromatic N) is 2. The molecule has 0 aliphatic carbocycles. The fraction of sp³-hybridized carbons (Fsp3) is 0.895. The summed E-state index contributed by atoms with van der Waals surface area (Å²) in [6.45, 7) is 4.53. The van der Waals surface area contributed by atoms with Crippen LogP contribution in [0.5, 0.6) is 0 Å². The van der Waals surface area contributed by atoms with Gasteiger partial charge in [0, 0.05) is 45.4 Å². The summed E-state index contributed by atoms with van der Waals surface area (Å²) < 4.78 is 5.86. The van der Waals surface area contributed by atoms with E-state index in [1.54, 1.807) is 6.92 Å². The third-order valence-corrected chi connectivity index (χ3v) is 6.21. The molecule has 7 nitrogen and oxygen atoms in total. The summed E-state index contributed by atoms with van der Waals surface area (Å²) in [5, 5.41) is 20.2. The van der Waals surface area contributed by atoms with Gasteiger partial charge in [0.05, 0.1) is 17.8 Å². The minimum atomic E-state index is -1.13. The van der Waals surface area contributed by atoms with Crippen LogP contribution in [-0.2, 0) is 14.3 Å². The SMILES string of the molecule is C[C@]1(O)CC2(CCN(C(=O)CCCN3CCCCC3=O)CC2)OC[C@@H]1O. The second kappa shape index (κ2) is 7.82. The van der Waals surface area contributed by atoms with Gasteiger partial charge in [0.25, 0.3) is 0 Å². The molecule has 1 spiro atoms. The Labute approximate surface area is 155 Å². The summed E-state index contributed by atoms with van der Waals surface area (Å²) in [5.41, 5.74) is -1.56. The Kier molecular flexibility index (Phi) is 5.89. The van der Waals surface area contributed by atoms with Crippen LogP contribution in [0.1, 0.15) is 58.3 Å². The zero-order valence-electron chi connectivity index (χ0n) is 15.8. The zero-order chi connectivity index (χ0) is 18.8. The third-order valence-electron chi connectivity index (χ3n) is 6.21. The second-order valence-corrected chi connectivity index (χ2v) is 8.37. The lowest BCUT2D eigenvalue weighted by molar-refractivity contribution is -0.222. The monoisotopic (exact) mass is 368 g/mol. The second-order valence-electron chi connectivity index (χ2n) is 8.37. The fourth-order valence-corrected chi connectivity index (χ4v) is 4.42. The van der Waals surface area contributed by atoms with E-state index in [1.165, 1.54) is 0 Å². The molecule has 0 bridgehead atoms. The highest BCUT2D eigenvalue weighted by atomic mass is 16.5. The Morgan fingerprint density at radius 1 is 1.27 bits per heavy atom. The topological polar surface area (TPSA) is 90.3 Å². The van der Waals surface area contributed by atoms with Crippen molar-refractivity contribution in [2.75, 3.05) is 32.8 Å². The van der Waals surface area contributed by atoms with Crippen LogP contribution < -0.4 is 0 Å². The van der Waals surface area contributed by atoms with E-state index in [9.17, 15) is 19.8 Å². The molecule has 3 aliphatic rings. The van der Waals surface area contributed by atoms with Crippen LogP contribution in [-0.4, -0.2) is 81.9 Å². The lowest BCUT2D eigenvalue weighted by Crippen LogP contribution is -2.59. The van der Waals surface area contributed by atoms with E-state index in [2.05, 4.69) is 0 Å². The van der Waals surface area contributed by atoms with Crippen LogP contribution in [0.2, 0.25) is 0 Å². The van der Waals surface area contributed by atoms with Crippen LogP contribution >= 0.6 is 0 Å². The van der Waals surface area contributed by atoms with E-state index in [0.717, 1.165) is 19.4 Å². The number of piperidine rings is 2. The minimum absolute atomic E-state index is 0.131. The van der Waals surface area contributed by atoms with E-state index < -0.39 is 17.3 Å². The van der Waals surface area contributed by atoms with Crippen molar-refractivity contribution in [1.29, 1.82) is 0 Å². The Hall–Kier alpha value is -1.18. The fourth-order valence-electron chi connectivity index (χ4n) is 4.42. The van der Waals surface area contributed by atoms with Crippen molar-refractivity contribution in [2.45, 2.75) is 75.6 Å². The molecule has 0 aromatic rings. The summed E-state index contributed by atoms with van der Waals surface area (Å²) >= 11 is 0. The number of hydrogen-bond donors (Lipinski definition) is 2. The van der Waals surface area contributed by atoms with Crippen LogP contribution in [0.15, 0.2) is 0 Å². The molecule has 3 saturated heterocycles. The minimum Gasteiger partial charge on any atom is -0.388 e. The Bertz CT molecular complexity index is 528. The van der Waals surface area contributed by atoms with Crippen LogP contribution in [0, 0.1) is 0 Å². The molecular formula is C19H32N2O5. The van der Waals surface area contributed by atoms with E-state index in [4.69, 9.17) is 4.74 Å². The van der Waals surface area contributed by atoms with Crippen molar-refractivity contribution in [3.63, 3.8) is 0 Å². The smallest absolute Gasteiger partial charge is 0.222 e. The number of likely N-dealkylation sites (tertiary alicyclic amines) is 2. The molecule has 0 unspecified atom stereocenters.